The van der Waals surface area contributed by atoms with Gasteiger partial charge in [-0.3, -0.25) is 9.78 Å². The molecule has 0 saturated heterocycles. The highest BCUT2D eigenvalue weighted by Gasteiger charge is 2.11. The van der Waals surface area contributed by atoms with Gasteiger partial charge in [-0.2, -0.15) is 9.50 Å². The van der Waals surface area contributed by atoms with Crippen LogP contribution in [0.15, 0.2) is 83.9 Å². The Balaban J connectivity index is 1.49. The molecule has 0 amide bonds. The number of fused-ring (bicyclic) bond motifs is 1. The molecule has 29 heavy (non-hydrogen) atoms. The number of ether oxygens (including phenoxy) is 1. The van der Waals surface area contributed by atoms with Gasteiger partial charge in [0.2, 0.25) is 4.96 Å². The van der Waals surface area contributed by atoms with Crippen LogP contribution >= 0.6 is 11.3 Å². The number of rotatable bonds is 4. The fraction of sp³-hybridized carbons (Fsp3) is 0. The minimum absolute atomic E-state index is 0.188. The third kappa shape index (κ3) is 3.51. The summed E-state index contributed by atoms with van der Waals surface area (Å²) in [6.45, 7) is 0. The lowest BCUT2D eigenvalue weighted by molar-refractivity contribution is 0.482. The molecule has 0 saturated carbocycles. The van der Waals surface area contributed by atoms with Crippen molar-refractivity contribution in [3.05, 3.63) is 99.6 Å². The summed E-state index contributed by atoms with van der Waals surface area (Å²) < 4.78 is 7.78. The molecule has 5 aromatic rings. The number of benzene rings is 2. The van der Waals surface area contributed by atoms with Crippen LogP contribution in [0, 0.1) is 0 Å². The van der Waals surface area contributed by atoms with Crippen molar-refractivity contribution in [1.82, 2.24) is 19.6 Å². The molecular weight excluding hydrogens is 384 g/mol. The van der Waals surface area contributed by atoms with Crippen LogP contribution in [0.2, 0.25) is 0 Å². The van der Waals surface area contributed by atoms with Gasteiger partial charge in [0.25, 0.3) is 5.56 Å². The first-order valence-electron chi connectivity index (χ1n) is 8.91. The Labute approximate surface area is 169 Å². The Hall–Kier alpha value is -3.84. The first-order chi connectivity index (χ1) is 14.3. The van der Waals surface area contributed by atoms with E-state index >= 15 is 0 Å². The Morgan fingerprint density at radius 3 is 2.52 bits per heavy atom. The van der Waals surface area contributed by atoms with E-state index in [0.29, 0.717) is 21.1 Å². The van der Waals surface area contributed by atoms with E-state index in [9.17, 15) is 4.79 Å². The van der Waals surface area contributed by atoms with E-state index in [1.165, 1.54) is 15.9 Å². The molecule has 0 bridgehead atoms. The molecule has 140 valence electrons. The Morgan fingerprint density at radius 1 is 0.931 bits per heavy atom. The van der Waals surface area contributed by atoms with E-state index in [2.05, 4.69) is 15.1 Å². The Bertz CT molecular complexity index is 1400. The molecule has 0 unspecified atom stereocenters. The molecule has 5 rings (SSSR count). The molecule has 7 heteroatoms. The quantitative estimate of drug-likeness (QED) is 0.463. The van der Waals surface area contributed by atoms with E-state index in [4.69, 9.17) is 4.74 Å². The van der Waals surface area contributed by atoms with Crippen LogP contribution in [0.25, 0.3) is 22.4 Å². The van der Waals surface area contributed by atoms with Crippen LogP contribution in [0.3, 0.4) is 0 Å². The summed E-state index contributed by atoms with van der Waals surface area (Å²) in [6.07, 6.45) is 5.17. The van der Waals surface area contributed by atoms with Crippen LogP contribution in [0.1, 0.15) is 5.56 Å². The Kier molecular flexibility index (Phi) is 4.34. The summed E-state index contributed by atoms with van der Waals surface area (Å²) in [4.78, 5) is 21.8. The molecule has 6 nitrogen and oxygen atoms in total. The smallest absolute Gasteiger partial charge is 0.291 e. The predicted octanol–water partition coefficient (Wildman–Crippen LogP) is 3.55. The van der Waals surface area contributed by atoms with Crippen LogP contribution < -0.4 is 14.8 Å². The van der Waals surface area contributed by atoms with Gasteiger partial charge in [0.1, 0.15) is 11.5 Å². The molecule has 0 atom stereocenters. The first kappa shape index (κ1) is 17.3. The fourth-order valence-corrected chi connectivity index (χ4v) is 3.81. The monoisotopic (exact) mass is 398 g/mol. The summed E-state index contributed by atoms with van der Waals surface area (Å²) >= 11 is 1.31. The number of aromatic nitrogens is 4. The summed E-state index contributed by atoms with van der Waals surface area (Å²) in [5.74, 6) is 1.98. The molecule has 0 N–H and O–H groups in total. The highest BCUT2D eigenvalue weighted by atomic mass is 32.1. The number of hydrogen-bond donors (Lipinski definition) is 0. The fourth-order valence-electron chi connectivity index (χ4n) is 2.90. The third-order valence-corrected chi connectivity index (χ3v) is 5.21. The predicted molar refractivity (Wildman–Crippen MR) is 112 cm³/mol. The molecular formula is C22H14N4O2S. The molecule has 0 aliphatic heterocycles. The molecule has 2 aromatic carbocycles. The van der Waals surface area contributed by atoms with E-state index < -0.39 is 0 Å². The van der Waals surface area contributed by atoms with Crippen LogP contribution in [0.5, 0.6) is 11.5 Å². The maximum Gasteiger partial charge on any atom is 0.291 e. The lowest BCUT2D eigenvalue weighted by Crippen LogP contribution is -2.23. The molecule has 0 radical (unpaired) electrons. The van der Waals surface area contributed by atoms with Crippen molar-refractivity contribution in [2.75, 3.05) is 0 Å². The summed E-state index contributed by atoms with van der Waals surface area (Å²) in [7, 11) is 0. The number of hydrogen-bond acceptors (Lipinski definition) is 6. The molecule has 3 aromatic heterocycles. The number of nitrogens with zero attached hydrogens (tertiary/aromatic N) is 4. The SMILES string of the molecule is O=c1/c(=C\c2cccc(Oc3ccccc3)c2)sc2nc(-c3ccncc3)nn12. The third-order valence-electron chi connectivity index (χ3n) is 4.26. The lowest BCUT2D eigenvalue weighted by Gasteiger charge is -2.05. The van der Waals surface area contributed by atoms with Crippen LogP contribution in [0.4, 0.5) is 0 Å². The Morgan fingerprint density at radius 2 is 1.72 bits per heavy atom. The zero-order valence-electron chi connectivity index (χ0n) is 15.1. The number of para-hydroxylation sites is 1. The minimum Gasteiger partial charge on any atom is -0.457 e. The summed E-state index contributed by atoms with van der Waals surface area (Å²) in [6, 6.07) is 20.8. The van der Waals surface area contributed by atoms with Gasteiger partial charge in [-0.1, -0.05) is 41.7 Å². The van der Waals surface area contributed by atoms with Gasteiger partial charge in [-0.25, -0.2) is 0 Å². The highest BCUT2D eigenvalue weighted by molar-refractivity contribution is 7.15. The largest absolute Gasteiger partial charge is 0.457 e. The van der Waals surface area contributed by atoms with Crippen molar-refractivity contribution in [2.45, 2.75) is 0 Å². The van der Waals surface area contributed by atoms with Gasteiger partial charge >= 0.3 is 0 Å². The minimum atomic E-state index is -0.188. The lowest BCUT2D eigenvalue weighted by atomic mass is 10.2. The topological polar surface area (TPSA) is 69.4 Å². The van der Waals surface area contributed by atoms with E-state index in [-0.39, 0.29) is 5.56 Å². The maximum atomic E-state index is 12.7. The van der Waals surface area contributed by atoms with E-state index in [1.807, 2.05) is 72.8 Å². The summed E-state index contributed by atoms with van der Waals surface area (Å²) in [5, 5.41) is 4.35. The van der Waals surface area contributed by atoms with Crippen molar-refractivity contribution >= 4 is 22.4 Å². The number of thiazole rings is 1. The second kappa shape index (κ2) is 7.29. The van der Waals surface area contributed by atoms with Crippen LogP contribution in [-0.2, 0) is 0 Å². The van der Waals surface area contributed by atoms with Gasteiger partial charge in [0, 0.05) is 18.0 Å². The molecule has 0 aliphatic carbocycles. The van der Waals surface area contributed by atoms with Gasteiger partial charge in [0.15, 0.2) is 5.82 Å². The van der Waals surface area contributed by atoms with Crippen molar-refractivity contribution in [1.29, 1.82) is 0 Å². The molecule has 3 heterocycles. The van der Waals surface area contributed by atoms with Crippen molar-refractivity contribution < 1.29 is 4.74 Å². The average molecular weight is 398 g/mol. The second-order valence-electron chi connectivity index (χ2n) is 6.27. The molecule has 0 spiro atoms. The van der Waals surface area contributed by atoms with Gasteiger partial charge in [-0.05, 0) is 48.0 Å². The maximum absolute atomic E-state index is 12.7. The van der Waals surface area contributed by atoms with Crippen molar-refractivity contribution in [2.24, 2.45) is 0 Å². The highest BCUT2D eigenvalue weighted by Crippen LogP contribution is 2.22. The van der Waals surface area contributed by atoms with Gasteiger partial charge < -0.3 is 4.74 Å². The van der Waals surface area contributed by atoms with Gasteiger partial charge in [-0.15, -0.1) is 5.10 Å². The zero-order chi connectivity index (χ0) is 19.6. The first-order valence-corrected chi connectivity index (χ1v) is 9.72. The second-order valence-corrected chi connectivity index (χ2v) is 7.28. The van der Waals surface area contributed by atoms with Crippen molar-refractivity contribution in [3.8, 4) is 22.9 Å². The van der Waals surface area contributed by atoms with Gasteiger partial charge in [0.05, 0.1) is 4.53 Å². The number of pyridine rings is 1. The average Bonchev–Trinajstić information content (AvgIpc) is 3.29. The van der Waals surface area contributed by atoms with Crippen LogP contribution in [-0.4, -0.2) is 19.6 Å². The molecule has 0 fully saturated rings. The molecule has 0 aliphatic rings. The van der Waals surface area contributed by atoms with E-state index in [1.54, 1.807) is 12.4 Å². The normalized spacial score (nSPS) is 11.8. The van der Waals surface area contributed by atoms with Crippen molar-refractivity contribution in [3.63, 3.8) is 0 Å². The zero-order valence-corrected chi connectivity index (χ0v) is 15.9. The standard InChI is InChI=1S/C22H14N4O2S/c27-21-19(29-22-24-20(25-26(21)22)16-9-11-23-12-10-16)14-15-5-4-8-18(13-15)28-17-6-2-1-3-7-17/h1-14H/b19-14+. The van der Waals surface area contributed by atoms with E-state index in [0.717, 1.165) is 16.9 Å². The summed E-state index contributed by atoms with van der Waals surface area (Å²) in [5.41, 5.74) is 1.51.